The first-order chi connectivity index (χ1) is 10.7. The Labute approximate surface area is 132 Å². The van der Waals surface area contributed by atoms with Gasteiger partial charge in [-0.2, -0.15) is 0 Å². The zero-order chi connectivity index (χ0) is 15.7. The molecule has 3 nitrogen and oxygen atoms in total. The number of hydrogen-bond acceptors (Lipinski definition) is 3. The molecule has 1 aromatic heterocycles. The number of thiophene rings is 1. The van der Waals surface area contributed by atoms with Crippen molar-refractivity contribution >= 4 is 39.3 Å². The summed E-state index contributed by atoms with van der Waals surface area (Å²) in [6.45, 7) is 4.05. The molecular weight excluding hydrogens is 294 g/mol. The molecule has 0 radical (unpaired) electrons. The Bertz CT molecular complexity index is 986. The predicted octanol–water partition coefficient (Wildman–Crippen LogP) is 4.08. The third-order valence-electron chi connectivity index (χ3n) is 3.72. The van der Waals surface area contributed by atoms with E-state index in [1.807, 2.05) is 32.0 Å². The van der Waals surface area contributed by atoms with Gasteiger partial charge in [-0.15, -0.1) is 11.3 Å². The molecule has 0 unspecified atom stereocenters. The van der Waals surface area contributed by atoms with E-state index in [9.17, 15) is 10.1 Å². The molecular formula is C18H15NO2S. The first-order valence-electron chi connectivity index (χ1n) is 7.04. The summed E-state index contributed by atoms with van der Waals surface area (Å²) in [5.41, 5.74) is 1.68. The van der Waals surface area contributed by atoms with Gasteiger partial charge in [-0.3, -0.25) is 10.1 Å². The summed E-state index contributed by atoms with van der Waals surface area (Å²) >= 11 is 1.74. The molecule has 0 aliphatic rings. The smallest absolute Gasteiger partial charge is 0.258 e. The lowest BCUT2D eigenvalue weighted by Crippen LogP contribution is -2.17. The number of para-hydroxylation sites is 1. The normalized spacial score (nSPS) is 13.0. The maximum atomic E-state index is 11.2. The maximum absolute atomic E-state index is 11.2. The number of nitrogens with zero attached hydrogens (tertiary/aromatic N) is 1. The van der Waals surface area contributed by atoms with Crippen molar-refractivity contribution in [1.82, 2.24) is 0 Å². The van der Waals surface area contributed by atoms with Crippen molar-refractivity contribution in [3.63, 3.8) is 0 Å². The number of nitro benzene ring substituents is 1. The van der Waals surface area contributed by atoms with Crippen molar-refractivity contribution in [2.75, 3.05) is 0 Å². The Morgan fingerprint density at radius 1 is 1.09 bits per heavy atom. The summed E-state index contributed by atoms with van der Waals surface area (Å²) in [7, 11) is 0. The molecule has 0 saturated heterocycles. The number of rotatable bonds is 2. The summed E-state index contributed by atoms with van der Waals surface area (Å²) in [5.74, 6) is 0. The lowest BCUT2D eigenvalue weighted by atomic mass is 10.0. The Balaban J connectivity index is 2.33. The monoisotopic (exact) mass is 309 g/mol. The fraction of sp³-hybridized carbons (Fsp3) is 0.111. The fourth-order valence-corrected chi connectivity index (χ4v) is 3.80. The molecule has 22 heavy (non-hydrogen) atoms. The van der Waals surface area contributed by atoms with E-state index >= 15 is 0 Å². The maximum Gasteiger partial charge on any atom is 0.277 e. The van der Waals surface area contributed by atoms with Gasteiger partial charge in [-0.05, 0) is 42.8 Å². The Morgan fingerprint density at radius 2 is 1.86 bits per heavy atom. The van der Waals surface area contributed by atoms with Gasteiger partial charge < -0.3 is 0 Å². The van der Waals surface area contributed by atoms with Crippen LogP contribution in [0.15, 0.2) is 42.5 Å². The lowest BCUT2D eigenvalue weighted by molar-refractivity contribution is -0.384. The molecule has 0 aliphatic carbocycles. The van der Waals surface area contributed by atoms with Crippen LogP contribution < -0.4 is 9.75 Å². The van der Waals surface area contributed by atoms with Gasteiger partial charge in [0.15, 0.2) is 0 Å². The lowest BCUT2D eigenvalue weighted by Gasteiger charge is -2.03. The second kappa shape index (κ2) is 5.73. The van der Waals surface area contributed by atoms with Gasteiger partial charge in [0.2, 0.25) is 0 Å². The van der Waals surface area contributed by atoms with Gasteiger partial charge >= 0.3 is 0 Å². The SMILES string of the molecule is C/C=c1\c(=C/C)sc2ccc(-c3ccccc3[N+](=O)[O-])cc12. The van der Waals surface area contributed by atoms with Crippen molar-refractivity contribution in [1.29, 1.82) is 0 Å². The first-order valence-corrected chi connectivity index (χ1v) is 7.86. The second-order valence-electron chi connectivity index (χ2n) is 4.94. The van der Waals surface area contributed by atoms with Gasteiger partial charge in [0.1, 0.15) is 0 Å². The summed E-state index contributed by atoms with van der Waals surface area (Å²) < 4.78 is 2.43. The average molecular weight is 309 g/mol. The molecule has 0 saturated carbocycles. The van der Waals surface area contributed by atoms with E-state index in [1.165, 1.54) is 14.5 Å². The quantitative estimate of drug-likeness (QED) is 0.529. The number of hydrogen-bond donors (Lipinski definition) is 0. The Hall–Kier alpha value is -2.46. The molecule has 0 N–H and O–H groups in total. The van der Waals surface area contributed by atoms with Crippen LogP contribution in [0.2, 0.25) is 0 Å². The van der Waals surface area contributed by atoms with Gasteiger partial charge in [-0.1, -0.05) is 30.4 Å². The molecule has 0 spiro atoms. The van der Waals surface area contributed by atoms with Crippen molar-refractivity contribution in [3.8, 4) is 11.1 Å². The summed E-state index contributed by atoms with van der Waals surface area (Å²) in [6.07, 6.45) is 4.20. The molecule has 0 atom stereocenters. The van der Waals surface area contributed by atoms with Crippen LogP contribution in [0.5, 0.6) is 0 Å². The molecule has 0 amide bonds. The topological polar surface area (TPSA) is 43.1 Å². The molecule has 4 heteroatoms. The van der Waals surface area contributed by atoms with Crippen LogP contribution in [0.3, 0.4) is 0 Å². The average Bonchev–Trinajstić information content (AvgIpc) is 2.91. The molecule has 0 bridgehead atoms. The largest absolute Gasteiger partial charge is 0.277 e. The van der Waals surface area contributed by atoms with E-state index in [1.54, 1.807) is 29.5 Å². The molecule has 0 fully saturated rings. The molecule has 2 aromatic carbocycles. The number of benzene rings is 2. The first kappa shape index (κ1) is 14.5. The minimum Gasteiger partial charge on any atom is -0.258 e. The van der Waals surface area contributed by atoms with Gasteiger partial charge in [0.25, 0.3) is 5.69 Å². The number of nitro groups is 1. The molecule has 0 aliphatic heterocycles. The summed E-state index contributed by atoms with van der Waals surface area (Å²) in [6, 6.07) is 12.9. The van der Waals surface area contributed by atoms with E-state index < -0.39 is 0 Å². The predicted molar refractivity (Wildman–Crippen MR) is 93.4 cm³/mol. The van der Waals surface area contributed by atoms with Crippen LogP contribution in [-0.2, 0) is 0 Å². The van der Waals surface area contributed by atoms with E-state index in [0.29, 0.717) is 5.56 Å². The zero-order valence-corrected chi connectivity index (χ0v) is 13.2. The van der Waals surface area contributed by atoms with E-state index in [0.717, 1.165) is 10.9 Å². The number of fused-ring (bicyclic) bond motifs is 1. The third-order valence-corrected chi connectivity index (χ3v) is 4.97. The van der Waals surface area contributed by atoms with Gasteiger partial charge in [-0.25, -0.2) is 0 Å². The van der Waals surface area contributed by atoms with Crippen molar-refractivity contribution < 1.29 is 4.92 Å². The van der Waals surface area contributed by atoms with Gasteiger partial charge in [0.05, 0.1) is 10.5 Å². The zero-order valence-electron chi connectivity index (χ0n) is 12.4. The second-order valence-corrected chi connectivity index (χ2v) is 6.03. The summed E-state index contributed by atoms with van der Waals surface area (Å²) in [4.78, 5) is 10.9. The van der Waals surface area contributed by atoms with Crippen LogP contribution in [0.1, 0.15) is 13.8 Å². The molecule has 3 aromatic rings. The minimum atomic E-state index is -0.328. The van der Waals surface area contributed by atoms with Crippen LogP contribution >= 0.6 is 11.3 Å². The standard InChI is InChI=1S/C18H15NO2S/c1-3-13-15-11-12(9-10-18(15)22-17(13)4-2)14-7-5-6-8-16(14)19(20)21/h3-11H,1-2H3/b13-3-,17-4+. The third kappa shape index (κ3) is 2.31. The minimum absolute atomic E-state index is 0.140. The molecule has 110 valence electrons. The van der Waals surface area contributed by atoms with Crippen LogP contribution in [0.25, 0.3) is 33.4 Å². The fourth-order valence-electron chi connectivity index (χ4n) is 2.69. The van der Waals surface area contributed by atoms with Crippen LogP contribution in [0.4, 0.5) is 5.69 Å². The van der Waals surface area contributed by atoms with E-state index in [-0.39, 0.29) is 10.6 Å². The van der Waals surface area contributed by atoms with Crippen molar-refractivity contribution in [3.05, 3.63) is 62.3 Å². The highest BCUT2D eigenvalue weighted by Crippen LogP contribution is 2.31. The van der Waals surface area contributed by atoms with E-state index in [2.05, 4.69) is 18.2 Å². The summed E-state index contributed by atoms with van der Waals surface area (Å²) in [5, 5.41) is 13.6. The highest BCUT2D eigenvalue weighted by Gasteiger charge is 2.14. The molecule has 3 rings (SSSR count). The van der Waals surface area contributed by atoms with Crippen LogP contribution in [0, 0.1) is 10.1 Å². The van der Waals surface area contributed by atoms with Crippen LogP contribution in [-0.4, -0.2) is 4.92 Å². The Kier molecular flexibility index (Phi) is 3.77. The Morgan fingerprint density at radius 3 is 2.55 bits per heavy atom. The highest BCUT2D eigenvalue weighted by atomic mass is 32.1. The van der Waals surface area contributed by atoms with Crippen molar-refractivity contribution in [2.24, 2.45) is 0 Å². The molecule has 1 heterocycles. The van der Waals surface area contributed by atoms with E-state index in [4.69, 9.17) is 0 Å². The highest BCUT2D eigenvalue weighted by molar-refractivity contribution is 7.17. The van der Waals surface area contributed by atoms with Crippen molar-refractivity contribution in [2.45, 2.75) is 13.8 Å². The van der Waals surface area contributed by atoms with Gasteiger partial charge in [0, 0.05) is 20.7 Å².